The molecule has 1 aromatic carbocycles. The molecular weight excluding hydrogens is 388 g/mol. The molecule has 9 heteroatoms. The summed E-state index contributed by atoms with van der Waals surface area (Å²) in [6.07, 6.45) is 1.67. The fourth-order valence-electron chi connectivity index (χ4n) is 2.65. The second kappa shape index (κ2) is 6.86. The maximum Gasteiger partial charge on any atom is 0.196 e. The van der Waals surface area contributed by atoms with Crippen LogP contribution in [0.1, 0.15) is 16.3 Å². The smallest absolute Gasteiger partial charge is 0.196 e. The number of hydrogen-bond donors (Lipinski definition) is 1. The summed E-state index contributed by atoms with van der Waals surface area (Å²) < 4.78 is 1.89. The van der Waals surface area contributed by atoms with Crippen LogP contribution in [-0.2, 0) is 5.75 Å². The topological polar surface area (TPSA) is 82.5 Å². The number of aryl methyl sites for hydroxylation is 2. The Balaban J connectivity index is 1.61. The van der Waals surface area contributed by atoms with E-state index in [1.54, 1.807) is 17.7 Å². The summed E-state index contributed by atoms with van der Waals surface area (Å²) in [5, 5.41) is 10.6. The zero-order valence-electron chi connectivity index (χ0n) is 14.1. The van der Waals surface area contributed by atoms with Crippen molar-refractivity contribution in [2.75, 3.05) is 5.73 Å². The molecule has 4 aromatic rings. The molecule has 0 atom stereocenters. The van der Waals surface area contributed by atoms with E-state index in [9.17, 15) is 0 Å². The van der Waals surface area contributed by atoms with E-state index in [4.69, 9.17) is 17.3 Å². The van der Waals surface area contributed by atoms with Crippen molar-refractivity contribution in [1.29, 1.82) is 0 Å². The number of nitrogens with zero attached hydrogens (tertiary/aromatic N) is 5. The van der Waals surface area contributed by atoms with Crippen LogP contribution in [0, 0.1) is 13.8 Å². The number of aromatic nitrogens is 5. The first-order chi connectivity index (χ1) is 12.5. The Morgan fingerprint density at radius 3 is 2.92 bits per heavy atom. The van der Waals surface area contributed by atoms with Gasteiger partial charge in [0.05, 0.1) is 16.8 Å². The molecule has 2 N–H and O–H groups in total. The Bertz CT molecular complexity index is 1100. The lowest BCUT2D eigenvalue weighted by molar-refractivity contribution is 0.882. The van der Waals surface area contributed by atoms with Gasteiger partial charge in [0.15, 0.2) is 5.16 Å². The third-order valence-corrected chi connectivity index (χ3v) is 6.31. The van der Waals surface area contributed by atoms with Crippen LogP contribution in [0.3, 0.4) is 0 Å². The summed E-state index contributed by atoms with van der Waals surface area (Å²) in [5.41, 5.74) is 8.22. The van der Waals surface area contributed by atoms with Crippen molar-refractivity contribution >= 4 is 50.7 Å². The molecule has 0 radical (unpaired) electrons. The van der Waals surface area contributed by atoms with Gasteiger partial charge in [-0.3, -0.25) is 4.57 Å². The number of thiophene rings is 1. The van der Waals surface area contributed by atoms with Gasteiger partial charge in [0, 0.05) is 9.90 Å². The van der Waals surface area contributed by atoms with Gasteiger partial charge in [-0.15, -0.1) is 21.5 Å². The molecule has 3 heterocycles. The normalized spacial score (nSPS) is 11.3. The molecule has 0 saturated heterocycles. The molecule has 0 aliphatic heterocycles. The molecule has 132 valence electrons. The van der Waals surface area contributed by atoms with E-state index in [1.807, 2.05) is 28.8 Å². The average Bonchev–Trinajstić information content (AvgIpc) is 3.18. The number of thioether (sulfide) groups is 1. The van der Waals surface area contributed by atoms with E-state index in [2.05, 4.69) is 34.0 Å². The molecule has 26 heavy (non-hydrogen) atoms. The number of nitrogen functional groups attached to an aromatic ring is 1. The first-order valence-corrected chi connectivity index (χ1v) is 10.0. The van der Waals surface area contributed by atoms with Crippen LogP contribution in [0.4, 0.5) is 5.82 Å². The summed E-state index contributed by atoms with van der Waals surface area (Å²) in [4.78, 5) is 11.3. The minimum atomic E-state index is 0.531. The molecule has 0 unspecified atom stereocenters. The van der Waals surface area contributed by atoms with Crippen molar-refractivity contribution < 1.29 is 0 Å². The van der Waals surface area contributed by atoms with E-state index < -0.39 is 0 Å². The molecule has 3 aromatic heterocycles. The van der Waals surface area contributed by atoms with Gasteiger partial charge in [-0.2, -0.15) is 0 Å². The Morgan fingerprint density at radius 2 is 2.12 bits per heavy atom. The SMILES string of the molecule is Cc1sc2nc(CSc3nncn3-c3cccc(Cl)c3)nc(N)c2c1C. The highest BCUT2D eigenvalue weighted by Gasteiger charge is 2.14. The van der Waals surface area contributed by atoms with E-state index in [-0.39, 0.29) is 0 Å². The molecule has 0 saturated carbocycles. The predicted molar refractivity (Wildman–Crippen MR) is 107 cm³/mol. The van der Waals surface area contributed by atoms with Crippen LogP contribution in [-0.4, -0.2) is 24.7 Å². The van der Waals surface area contributed by atoms with Gasteiger partial charge in [0.25, 0.3) is 0 Å². The van der Waals surface area contributed by atoms with Crippen molar-refractivity contribution in [3.63, 3.8) is 0 Å². The van der Waals surface area contributed by atoms with Crippen LogP contribution in [0.15, 0.2) is 35.7 Å². The van der Waals surface area contributed by atoms with Crippen molar-refractivity contribution in [2.45, 2.75) is 24.8 Å². The molecule has 0 aliphatic carbocycles. The van der Waals surface area contributed by atoms with Gasteiger partial charge in [-0.1, -0.05) is 29.4 Å². The zero-order chi connectivity index (χ0) is 18.3. The number of benzene rings is 1. The highest BCUT2D eigenvalue weighted by Crippen LogP contribution is 2.33. The van der Waals surface area contributed by atoms with Gasteiger partial charge in [-0.05, 0) is 37.6 Å². The summed E-state index contributed by atoms with van der Waals surface area (Å²) in [6, 6.07) is 7.55. The maximum atomic E-state index is 6.16. The summed E-state index contributed by atoms with van der Waals surface area (Å²) >= 11 is 9.23. The Kier molecular flexibility index (Phi) is 4.56. The first kappa shape index (κ1) is 17.3. The van der Waals surface area contributed by atoms with E-state index >= 15 is 0 Å². The summed E-state index contributed by atoms with van der Waals surface area (Å²) in [7, 11) is 0. The maximum absolute atomic E-state index is 6.16. The van der Waals surface area contributed by atoms with Crippen LogP contribution in [0.25, 0.3) is 15.9 Å². The highest BCUT2D eigenvalue weighted by atomic mass is 35.5. The summed E-state index contributed by atoms with van der Waals surface area (Å²) in [6.45, 7) is 4.12. The lowest BCUT2D eigenvalue weighted by Crippen LogP contribution is -2.00. The van der Waals surface area contributed by atoms with Crippen LogP contribution in [0.5, 0.6) is 0 Å². The Morgan fingerprint density at radius 1 is 1.27 bits per heavy atom. The van der Waals surface area contributed by atoms with Gasteiger partial charge in [0.2, 0.25) is 0 Å². The standard InChI is InChI=1S/C17H15ClN6S2/c1-9-10(2)26-16-14(9)15(19)21-13(22-16)7-25-17-23-20-8-24(17)12-5-3-4-11(18)6-12/h3-6,8H,7H2,1-2H3,(H2,19,21,22). The Hall–Kier alpha value is -2.16. The van der Waals surface area contributed by atoms with Gasteiger partial charge >= 0.3 is 0 Å². The molecule has 0 aliphatic rings. The largest absolute Gasteiger partial charge is 0.383 e. The second-order valence-electron chi connectivity index (χ2n) is 5.74. The molecule has 4 rings (SSSR count). The van der Waals surface area contributed by atoms with Crippen molar-refractivity contribution in [3.05, 3.63) is 51.9 Å². The molecular formula is C17H15ClN6S2. The fraction of sp³-hybridized carbons (Fsp3) is 0.176. The fourth-order valence-corrected chi connectivity index (χ4v) is 4.67. The van der Waals surface area contributed by atoms with Gasteiger partial charge in [-0.25, -0.2) is 9.97 Å². The molecule has 0 amide bonds. The van der Waals surface area contributed by atoms with E-state index in [0.717, 1.165) is 26.6 Å². The summed E-state index contributed by atoms with van der Waals surface area (Å²) in [5.74, 6) is 1.76. The second-order valence-corrected chi connectivity index (χ2v) is 8.32. The number of halogens is 1. The third kappa shape index (κ3) is 3.15. The molecule has 0 spiro atoms. The average molecular weight is 403 g/mol. The lowest BCUT2D eigenvalue weighted by Gasteiger charge is -2.07. The Labute approximate surface area is 163 Å². The first-order valence-electron chi connectivity index (χ1n) is 7.84. The number of hydrogen-bond acceptors (Lipinski definition) is 7. The third-order valence-electron chi connectivity index (χ3n) is 4.04. The van der Waals surface area contributed by atoms with Crippen molar-refractivity contribution in [2.24, 2.45) is 0 Å². The van der Waals surface area contributed by atoms with Gasteiger partial charge < -0.3 is 5.73 Å². The predicted octanol–water partition coefficient (Wildman–Crippen LogP) is 4.42. The number of fused-ring (bicyclic) bond motifs is 1. The molecule has 6 nitrogen and oxygen atoms in total. The highest BCUT2D eigenvalue weighted by molar-refractivity contribution is 7.98. The minimum Gasteiger partial charge on any atom is -0.383 e. The van der Waals surface area contributed by atoms with E-state index in [1.165, 1.54) is 16.6 Å². The monoisotopic (exact) mass is 402 g/mol. The lowest BCUT2D eigenvalue weighted by atomic mass is 10.2. The number of anilines is 1. The quantitative estimate of drug-likeness (QED) is 0.509. The van der Waals surface area contributed by atoms with Crippen molar-refractivity contribution in [3.8, 4) is 5.69 Å². The van der Waals surface area contributed by atoms with Crippen molar-refractivity contribution in [1.82, 2.24) is 24.7 Å². The number of rotatable bonds is 4. The molecule has 0 fully saturated rings. The van der Waals surface area contributed by atoms with E-state index in [0.29, 0.717) is 22.4 Å². The zero-order valence-corrected chi connectivity index (χ0v) is 16.5. The van der Waals surface area contributed by atoms with Crippen LogP contribution >= 0.6 is 34.7 Å². The van der Waals surface area contributed by atoms with Crippen LogP contribution in [0.2, 0.25) is 5.02 Å². The number of nitrogens with two attached hydrogens (primary N) is 1. The minimum absolute atomic E-state index is 0.531. The molecule has 0 bridgehead atoms. The van der Waals surface area contributed by atoms with Gasteiger partial charge in [0.1, 0.15) is 22.8 Å². The van der Waals surface area contributed by atoms with Crippen LogP contribution < -0.4 is 5.73 Å².